The summed E-state index contributed by atoms with van der Waals surface area (Å²) in [5.74, 6) is -0.326. The molecule has 0 spiro atoms. The van der Waals surface area contributed by atoms with Crippen molar-refractivity contribution in [1.29, 1.82) is 0 Å². The maximum Gasteiger partial charge on any atom is 0.288 e. The number of aromatic nitrogens is 1. The van der Waals surface area contributed by atoms with Crippen molar-refractivity contribution in [3.05, 3.63) is 62.5 Å². The summed E-state index contributed by atoms with van der Waals surface area (Å²) >= 11 is 3.46. The third-order valence-corrected chi connectivity index (χ3v) is 4.27. The molecule has 0 aliphatic carbocycles. The number of aliphatic hydroxyl groups excluding tert-OH is 1. The van der Waals surface area contributed by atoms with E-state index in [2.05, 4.69) is 21.1 Å². The maximum atomic E-state index is 12.3. The van der Waals surface area contributed by atoms with Crippen molar-refractivity contribution < 1.29 is 19.8 Å². The first-order chi connectivity index (χ1) is 11.6. The van der Waals surface area contributed by atoms with Crippen LogP contribution in [0.4, 0.5) is 0 Å². The number of aliphatic hydroxyl groups is 1. The molecular weight excluding hydrogens is 388 g/mol. The summed E-state index contributed by atoms with van der Waals surface area (Å²) in [4.78, 5) is 5.50. The van der Waals surface area contributed by atoms with Crippen LogP contribution in [0.3, 0.4) is 0 Å². The first kappa shape index (κ1) is 19.2. The van der Waals surface area contributed by atoms with Crippen molar-refractivity contribution in [3.63, 3.8) is 0 Å². The molecule has 0 unspecified atom stereocenters. The van der Waals surface area contributed by atoms with Crippen molar-refractivity contribution in [2.75, 3.05) is 0 Å². The molecule has 6 nitrogen and oxygen atoms in total. The Hall–Kier alpha value is -2.12. The zero-order valence-corrected chi connectivity index (χ0v) is 16.2. The van der Waals surface area contributed by atoms with Crippen molar-refractivity contribution in [2.45, 2.75) is 39.9 Å². The minimum absolute atomic E-state index is 0.0773. The molecule has 134 valence electrons. The number of aryl methyl sites for hydroxylation is 1. The highest BCUT2D eigenvalue weighted by atomic mass is 79.9. The van der Waals surface area contributed by atoms with E-state index in [0.717, 1.165) is 10.0 Å². The second kappa shape index (κ2) is 7.41. The lowest BCUT2D eigenvalue weighted by Crippen LogP contribution is -2.35. The number of nitrogens with zero attached hydrogens (tertiary/aromatic N) is 2. The Morgan fingerprint density at radius 2 is 2.00 bits per heavy atom. The molecule has 0 radical (unpaired) electrons. The summed E-state index contributed by atoms with van der Waals surface area (Å²) in [5.41, 5.74) is 1.37. The Morgan fingerprint density at radius 1 is 1.32 bits per heavy atom. The minimum atomic E-state index is -0.578. The highest BCUT2D eigenvalue weighted by Crippen LogP contribution is 2.26. The summed E-state index contributed by atoms with van der Waals surface area (Å²) in [7, 11) is 0. The lowest BCUT2D eigenvalue weighted by atomic mass is 10.0. The molecule has 7 heteroatoms. The van der Waals surface area contributed by atoms with E-state index in [1.807, 2.05) is 33.8 Å². The van der Waals surface area contributed by atoms with E-state index in [9.17, 15) is 15.4 Å². The Kier molecular flexibility index (Phi) is 5.69. The van der Waals surface area contributed by atoms with E-state index in [1.54, 1.807) is 12.1 Å². The molecule has 2 aromatic rings. The van der Waals surface area contributed by atoms with Gasteiger partial charge in [-0.1, -0.05) is 33.2 Å². The van der Waals surface area contributed by atoms with Crippen molar-refractivity contribution in [2.24, 2.45) is 5.16 Å². The van der Waals surface area contributed by atoms with Gasteiger partial charge < -0.3 is 20.3 Å². The van der Waals surface area contributed by atoms with Crippen LogP contribution in [0.5, 0.6) is 5.75 Å². The summed E-state index contributed by atoms with van der Waals surface area (Å²) in [6.45, 7) is 7.02. The molecule has 2 rings (SSSR count). The normalized spacial score (nSPS) is 12.3. The Bertz CT molecular complexity index is 813. The summed E-state index contributed by atoms with van der Waals surface area (Å²) < 4.78 is 1.34. The molecule has 2 N–H and O–H groups in total. The standard InChI is InChI=1S/C18H21BrN2O4/c1-11-5-6-12(9-14(11)19)15(20-25-18(2,3)4)16-17(23)13(10-22)7-8-21(16)24/h5-9,22-23H,10H2,1-4H3/b20-15-. The van der Waals surface area contributed by atoms with Crippen LogP contribution in [-0.2, 0) is 11.4 Å². The van der Waals surface area contributed by atoms with Gasteiger partial charge in [0.1, 0.15) is 5.60 Å². The van der Waals surface area contributed by atoms with Gasteiger partial charge in [-0.3, -0.25) is 0 Å². The number of rotatable bonds is 4. The van der Waals surface area contributed by atoms with Gasteiger partial charge in [-0.05, 0) is 39.3 Å². The molecule has 1 aromatic carbocycles. The minimum Gasteiger partial charge on any atom is -0.618 e. The van der Waals surface area contributed by atoms with Gasteiger partial charge in [-0.2, -0.15) is 4.73 Å². The second-order valence-electron chi connectivity index (χ2n) is 6.63. The lowest BCUT2D eigenvalue weighted by Gasteiger charge is -2.18. The molecule has 0 fully saturated rings. The number of oxime groups is 1. The number of benzene rings is 1. The van der Waals surface area contributed by atoms with Crippen LogP contribution in [0.25, 0.3) is 0 Å². The van der Waals surface area contributed by atoms with Crippen LogP contribution in [0, 0.1) is 12.1 Å². The van der Waals surface area contributed by atoms with Crippen LogP contribution in [0.2, 0.25) is 0 Å². The molecule has 1 aromatic heterocycles. The van der Waals surface area contributed by atoms with E-state index >= 15 is 0 Å². The molecule has 0 amide bonds. The van der Waals surface area contributed by atoms with Gasteiger partial charge in [0.25, 0.3) is 5.69 Å². The molecule has 0 bridgehead atoms. The van der Waals surface area contributed by atoms with E-state index in [-0.39, 0.29) is 22.7 Å². The molecule has 25 heavy (non-hydrogen) atoms. The van der Waals surface area contributed by atoms with E-state index in [1.165, 1.54) is 12.3 Å². The fourth-order valence-corrected chi connectivity index (χ4v) is 2.45. The summed E-state index contributed by atoms with van der Waals surface area (Å²) in [5, 5.41) is 36.3. The van der Waals surface area contributed by atoms with Crippen molar-refractivity contribution >= 4 is 21.6 Å². The number of halogens is 1. The van der Waals surface area contributed by atoms with Gasteiger partial charge in [-0.15, -0.1) is 0 Å². The van der Waals surface area contributed by atoms with Gasteiger partial charge in [0.15, 0.2) is 17.7 Å². The Labute approximate surface area is 155 Å². The molecule has 0 aliphatic heterocycles. The Balaban J connectivity index is 2.70. The first-order valence-corrected chi connectivity index (χ1v) is 8.51. The van der Waals surface area contributed by atoms with E-state index < -0.39 is 12.2 Å². The highest BCUT2D eigenvalue weighted by molar-refractivity contribution is 9.10. The number of aromatic hydroxyl groups is 1. The fourth-order valence-electron chi connectivity index (χ4n) is 2.07. The average molecular weight is 409 g/mol. The van der Waals surface area contributed by atoms with Crippen LogP contribution < -0.4 is 4.73 Å². The predicted octanol–water partition coefficient (Wildman–Crippen LogP) is 3.16. The molecule has 0 saturated heterocycles. The van der Waals surface area contributed by atoms with Gasteiger partial charge in [0.05, 0.1) is 6.61 Å². The molecule has 1 heterocycles. The zero-order valence-electron chi connectivity index (χ0n) is 14.6. The SMILES string of the molecule is Cc1ccc(/C(=N/OC(C)(C)C)c2c(O)c(CO)cc[n+]2[O-])cc1Br. The first-order valence-electron chi connectivity index (χ1n) is 7.72. The van der Waals surface area contributed by atoms with Gasteiger partial charge >= 0.3 is 0 Å². The van der Waals surface area contributed by atoms with Crippen molar-refractivity contribution in [1.82, 2.24) is 0 Å². The maximum absolute atomic E-state index is 12.3. The number of hydrogen-bond donors (Lipinski definition) is 2. The van der Waals surface area contributed by atoms with Crippen LogP contribution in [0.15, 0.2) is 40.1 Å². The van der Waals surface area contributed by atoms with Gasteiger partial charge in [0.2, 0.25) is 0 Å². The predicted molar refractivity (Wildman–Crippen MR) is 98.3 cm³/mol. The summed E-state index contributed by atoms with van der Waals surface area (Å²) in [6.07, 6.45) is 1.22. The number of hydrogen-bond acceptors (Lipinski definition) is 5. The quantitative estimate of drug-likeness (QED) is 0.352. The van der Waals surface area contributed by atoms with Gasteiger partial charge in [-0.25, -0.2) is 0 Å². The van der Waals surface area contributed by atoms with Crippen LogP contribution in [0.1, 0.15) is 43.2 Å². The fraction of sp³-hybridized carbons (Fsp3) is 0.333. The lowest BCUT2D eigenvalue weighted by molar-refractivity contribution is -0.607. The van der Waals surface area contributed by atoms with E-state index in [4.69, 9.17) is 4.84 Å². The third kappa shape index (κ3) is 4.49. The highest BCUT2D eigenvalue weighted by Gasteiger charge is 2.26. The zero-order chi connectivity index (χ0) is 18.8. The van der Waals surface area contributed by atoms with Gasteiger partial charge in [0, 0.05) is 21.7 Å². The Morgan fingerprint density at radius 3 is 2.56 bits per heavy atom. The van der Waals surface area contributed by atoms with E-state index in [0.29, 0.717) is 10.3 Å². The third-order valence-electron chi connectivity index (χ3n) is 3.41. The largest absolute Gasteiger partial charge is 0.618 e. The molecule has 0 aliphatic rings. The number of pyridine rings is 1. The smallest absolute Gasteiger partial charge is 0.288 e. The monoisotopic (exact) mass is 408 g/mol. The summed E-state index contributed by atoms with van der Waals surface area (Å²) in [6, 6.07) is 6.81. The molecular formula is C18H21BrN2O4. The van der Waals surface area contributed by atoms with Crippen LogP contribution in [-0.4, -0.2) is 21.5 Å². The second-order valence-corrected chi connectivity index (χ2v) is 7.48. The van der Waals surface area contributed by atoms with Crippen molar-refractivity contribution in [3.8, 4) is 5.75 Å². The average Bonchev–Trinajstić information content (AvgIpc) is 2.52. The topological polar surface area (TPSA) is 89.0 Å². The molecule has 0 saturated carbocycles. The van der Waals surface area contributed by atoms with Crippen LogP contribution >= 0.6 is 15.9 Å². The molecule has 0 atom stereocenters.